The maximum absolute atomic E-state index is 14.7. The molecule has 0 aliphatic rings. The summed E-state index contributed by atoms with van der Waals surface area (Å²) in [5.41, 5.74) is 2.39. The largest absolute Gasteiger partial charge is 0.426 e. The fraction of sp³-hybridized carbons (Fsp3) is 0.105. The maximum atomic E-state index is 14.7. The SMILES string of the molecule is CN(Cc1cccc2cncn12)c1cc(F)c(SNc2nccs2)cc1OC=O. The summed E-state index contributed by atoms with van der Waals surface area (Å²) < 4.78 is 24.8. The van der Waals surface area contributed by atoms with Crippen LogP contribution in [0.3, 0.4) is 0 Å². The lowest BCUT2D eigenvalue weighted by atomic mass is 10.2. The van der Waals surface area contributed by atoms with Gasteiger partial charge in [0.15, 0.2) is 10.9 Å². The van der Waals surface area contributed by atoms with Crippen LogP contribution in [0.25, 0.3) is 5.52 Å². The first-order valence-electron chi connectivity index (χ1n) is 8.53. The van der Waals surface area contributed by atoms with Gasteiger partial charge in [0.2, 0.25) is 0 Å². The topological polar surface area (TPSA) is 71.8 Å². The number of imidazole rings is 1. The molecule has 0 saturated heterocycles. The van der Waals surface area contributed by atoms with E-state index in [9.17, 15) is 9.18 Å². The van der Waals surface area contributed by atoms with E-state index in [1.54, 1.807) is 18.7 Å². The average molecular weight is 430 g/mol. The molecule has 29 heavy (non-hydrogen) atoms. The van der Waals surface area contributed by atoms with Crippen LogP contribution in [-0.2, 0) is 11.3 Å². The summed E-state index contributed by atoms with van der Waals surface area (Å²) in [5.74, 6) is -0.162. The highest BCUT2D eigenvalue weighted by Crippen LogP contribution is 2.36. The summed E-state index contributed by atoms with van der Waals surface area (Å²) in [4.78, 5) is 21.4. The molecule has 0 atom stereocenters. The molecule has 0 radical (unpaired) electrons. The molecule has 0 bridgehead atoms. The molecular formula is C19H16FN5O2S2. The lowest BCUT2D eigenvalue weighted by molar-refractivity contribution is -0.120. The number of pyridine rings is 1. The third-order valence-electron chi connectivity index (χ3n) is 4.21. The number of rotatable bonds is 8. The van der Waals surface area contributed by atoms with Gasteiger partial charge in [0.25, 0.3) is 6.47 Å². The molecule has 1 aromatic carbocycles. The van der Waals surface area contributed by atoms with Crippen LogP contribution >= 0.6 is 23.3 Å². The van der Waals surface area contributed by atoms with Crippen molar-refractivity contribution in [3.05, 3.63) is 65.9 Å². The van der Waals surface area contributed by atoms with E-state index in [1.165, 1.54) is 23.5 Å². The van der Waals surface area contributed by atoms with Crippen molar-refractivity contribution in [2.45, 2.75) is 11.4 Å². The predicted molar refractivity (Wildman–Crippen MR) is 112 cm³/mol. The van der Waals surface area contributed by atoms with Crippen molar-refractivity contribution in [3.63, 3.8) is 0 Å². The van der Waals surface area contributed by atoms with E-state index in [0.29, 0.717) is 28.7 Å². The van der Waals surface area contributed by atoms with E-state index < -0.39 is 5.82 Å². The Balaban J connectivity index is 1.60. The monoisotopic (exact) mass is 429 g/mol. The molecule has 0 saturated carbocycles. The molecular weight excluding hydrogens is 413 g/mol. The second-order valence-electron chi connectivity index (χ2n) is 6.07. The first kappa shape index (κ1) is 19.2. The van der Waals surface area contributed by atoms with Crippen molar-refractivity contribution < 1.29 is 13.9 Å². The number of thiazole rings is 1. The maximum Gasteiger partial charge on any atom is 0.298 e. The Morgan fingerprint density at radius 2 is 2.31 bits per heavy atom. The second kappa shape index (κ2) is 8.50. The van der Waals surface area contributed by atoms with E-state index in [-0.39, 0.29) is 5.75 Å². The summed E-state index contributed by atoms with van der Waals surface area (Å²) in [6.07, 6.45) is 5.15. The summed E-state index contributed by atoms with van der Waals surface area (Å²) in [7, 11) is 1.81. The van der Waals surface area contributed by atoms with Crippen molar-refractivity contribution in [1.29, 1.82) is 0 Å². The van der Waals surface area contributed by atoms with Crippen molar-refractivity contribution in [2.24, 2.45) is 0 Å². The lowest BCUT2D eigenvalue weighted by Crippen LogP contribution is -2.19. The highest BCUT2D eigenvalue weighted by Gasteiger charge is 2.17. The number of carbonyl (C=O) groups is 1. The number of benzene rings is 1. The van der Waals surface area contributed by atoms with Gasteiger partial charge >= 0.3 is 0 Å². The third-order valence-corrected chi connectivity index (χ3v) is 5.86. The number of nitrogens with one attached hydrogen (secondary N) is 1. The van der Waals surface area contributed by atoms with Gasteiger partial charge in [-0.15, -0.1) is 11.3 Å². The molecule has 7 nitrogen and oxygen atoms in total. The van der Waals surface area contributed by atoms with Crippen LogP contribution in [0.4, 0.5) is 15.2 Å². The molecule has 148 valence electrons. The zero-order valence-corrected chi connectivity index (χ0v) is 16.9. The molecule has 4 aromatic rings. The minimum absolute atomic E-state index is 0.269. The number of halogens is 1. The minimum Gasteiger partial charge on any atom is -0.426 e. The number of hydrogen-bond acceptors (Lipinski definition) is 8. The molecule has 0 amide bonds. The van der Waals surface area contributed by atoms with Crippen LogP contribution < -0.4 is 14.4 Å². The van der Waals surface area contributed by atoms with Crippen LogP contribution in [0, 0.1) is 5.82 Å². The number of anilines is 2. The van der Waals surface area contributed by atoms with Crippen molar-refractivity contribution >= 4 is 46.1 Å². The van der Waals surface area contributed by atoms with Crippen LogP contribution in [0.15, 0.2) is 59.3 Å². The van der Waals surface area contributed by atoms with Crippen LogP contribution in [0.1, 0.15) is 5.69 Å². The Kier molecular flexibility index (Phi) is 5.63. The van der Waals surface area contributed by atoms with Gasteiger partial charge < -0.3 is 18.8 Å². The molecule has 0 fully saturated rings. The van der Waals surface area contributed by atoms with Gasteiger partial charge in [-0.2, -0.15) is 0 Å². The molecule has 0 aliphatic carbocycles. The van der Waals surface area contributed by atoms with Crippen molar-refractivity contribution in [3.8, 4) is 5.75 Å². The van der Waals surface area contributed by atoms with Gasteiger partial charge in [-0.1, -0.05) is 6.07 Å². The normalized spacial score (nSPS) is 10.8. The van der Waals surface area contributed by atoms with E-state index >= 15 is 0 Å². The zero-order valence-electron chi connectivity index (χ0n) is 15.3. The first-order chi connectivity index (χ1) is 14.2. The molecule has 10 heteroatoms. The number of ether oxygens (including phenoxy) is 1. The van der Waals surface area contributed by atoms with E-state index in [2.05, 4.69) is 14.7 Å². The number of aromatic nitrogens is 3. The Morgan fingerprint density at radius 3 is 3.10 bits per heavy atom. The molecule has 0 aliphatic heterocycles. The standard InChI is InChI=1S/C19H16FN5O2S2/c1-24(10-14-4-2-3-13-9-21-11-25(13)14)16-7-15(20)18(8-17(16)27-12-26)29-23-19-22-5-6-28-19/h2-9,11-12H,10H2,1H3,(H,22,23). The van der Waals surface area contributed by atoms with Crippen molar-refractivity contribution in [2.75, 3.05) is 16.7 Å². The van der Waals surface area contributed by atoms with Crippen molar-refractivity contribution in [1.82, 2.24) is 14.4 Å². The molecule has 3 aromatic heterocycles. The lowest BCUT2D eigenvalue weighted by Gasteiger charge is -2.23. The van der Waals surface area contributed by atoms with Crippen LogP contribution in [-0.4, -0.2) is 27.9 Å². The quantitative estimate of drug-likeness (QED) is 0.332. The van der Waals surface area contributed by atoms with E-state index in [1.807, 2.05) is 39.9 Å². The Morgan fingerprint density at radius 1 is 1.41 bits per heavy atom. The average Bonchev–Trinajstić information content (AvgIpc) is 3.40. The molecule has 4 rings (SSSR count). The summed E-state index contributed by atoms with van der Waals surface area (Å²) in [6.45, 7) is 0.802. The number of carbonyl (C=O) groups excluding carboxylic acids is 1. The summed E-state index contributed by atoms with van der Waals surface area (Å²) in [6, 6.07) is 8.72. The van der Waals surface area contributed by atoms with Gasteiger partial charge in [0.05, 0.1) is 35.2 Å². The zero-order chi connectivity index (χ0) is 20.2. The van der Waals surface area contributed by atoms with E-state index in [4.69, 9.17) is 4.74 Å². The summed E-state index contributed by atoms with van der Waals surface area (Å²) in [5, 5.41) is 2.47. The van der Waals surface area contributed by atoms with Gasteiger partial charge in [0.1, 0.15) is 5.82 Å². The predicted octanol–water partition coefficient (Wildman–Crippen LogP) is 4.22. The Bertz CT molecular complexity index is 1130. The van der Waals surface area contributed by atoms with Gasteiger partial charge in [-0.3, -0.25) is 4.79 Å². The Labute approximate surface area is 174 Å². The highest BCUT2D eigenvalue weighted by molar-refractivity contribution is 8.00. The number of hydrogen-bond donors (Lipinski definition) is 1. The third kappa shape index (κ3) is 4.17. The summed E-state index contributed by atoms with van der Waals surface area (Å²) >= 11 is 2.47. The molecule has 3 heterocycles. The van der Waals surface area contributed by atoms with Crippen LogP contribution in [0.2, 0.25) is 0 Å². The fourth-order valence-corrected chi connectivity index (χ4v) is 4.15. The van der Waals surface area contributed by atoms with Gasteiger partial charge in [-0.25, -0.2) is 14.4 Å². The minimum atomic E-state index is -0.431. The van der Waals surface area contributed by atoms with Gasteiger partial charge in [0, 0.05) is 36.5 Å². The molecule has 1 N–H and O–H groups in total. The second-order valence-corrected chi connectivity index (χ2v) is 7.81. The van der Waals surface area contributed by atoms with Gasteiger partial charge in [-0.05, 0) is 24.1 Å². The fourth-order valence-electron chi connectivity index (χ4n) is 2.88. The first-order valence-corrected chi connectivity index (χ1v) is 10.2. The van der Waals surface area contributed by atoms with Crippen LogP contribution in [0.5, 0.6) is 5.75 Å². The number of nitrogens with zero attached hydrogens (tertiary/aromatic N) is 4. The number of fused-ring (bicyclic) bond motifs is 1. The van der Waals surface area contributed by atoms with E-state index in [0.717, 1.165) is 23.2 Å². The molecule has 0 unspecified atom stereocenters. The highest BCUT2D eigenvalue weighted by atomic mass is 32.2. The molecule has 0 spiro atoms. The smallest absolute Gasteiger partial charge is 0.298 e. The Hall–Kier alpha value is -3.11.